The second-order valence-electron chi connectivity index (χ2n) is 6.10. The lowest BCUT2D eigenvalue weighted by molar-refractivity contribution is 0.0963. The van der Waals surface area contributed by atoms with Crippen molar-refractivity contribution in [2.75, 3.05) is 30.9 Å². The normalized spacial score (nSPS) is 16.6. The summed E-state index contributed by atoms with van der Waals surface area (Å²) in [7, 11) is 1.61. The first kappa shape index (κ1) is 16.3. The van der Waals surface area contributed by atoms with Gasteiger partial charge in [-0.1, -0.05) is 6.07 Å². The van der Waals surface area contributed by atoms with E-state index in [1.807, 2.05) is 30.3 Å². The Morgan fingerprint density at radius 2 is 2.08 bits per heavy atom. The van der Waals surface area contributed by atoms with Crippen LogP contribution in [0, 0.1) is 0 Å². The molecule has 26 heavy (non-hydrogen) atoms. The molecule has 0 radical (unpaired) electrons. The minimum Gasteiger partial charge on any atom is -0.379 e. The van der Waals surface area contributed by atoms with Crippen molar-refractivity contribution in [2.45, 2.75) is 12.5 Å². The van der Waals surface area contributed by atoms with Crippen LogP contribution in [-0.4, -0.2) is 46.8 Å². The molecule has 2 aromatic heterocycles. The summed E-state index contributed by atoms with van der Waals surface area (Å²) in [6.45, 7) is 1.48. The van der Waals surface area contributed by atoms with Crippen LogP contribution in [-0.2, 0) is 4.74 Å². The van der Waals surface area contributed by atoms with Gasteiger partial charge >= 0.3 is 0 Å². The maximum atomic E-state index is 11.6. The molecule has 1 aromatic carbocycles. The maximum absolute atomic E-state index is 11.6. The van der Waals surface area contributed by atoms with Gasteiger partial charge in [0, 0.05) is 24.9 Å². The number of nitrogens with zero attached hydrogens (tertiary/aromatic N) is 3. The average molecular weight is 352 g/mol. The van der Waals surface area contributed by atoms with Crippen LogP contribution in [0.15, 0.2) is 42.5 Å². The van der Waals surface area contributed by atoms with Crippen molar-refractivity contribution in [1.82, 2.24) is 19.9 Å². The second kappa shape index (κ2) is 7.01. The molecule has 134 valence electrons. The Kier molecular flexibility index (Phi) is 4.40. The molecular formula is C18H20N6O2. The molecule has 3 heterocycles. The topological polar surface area (TPSA) is 92.6 Å². The third kappa shape index (κ3) is 3.31. The Morgan fingerprint density at radius 1 is 1.23 bits per heavy atom. The van der Waals surface area contributed by atoms with Gasteiger partial charge in [0.05, 0.1) is 12.6 Å². The van der Waals surface area contributed by atoms with Crippen LogP contribution in [0.3, 0.4) is 0 Å². The summed E-state index contributed by atoms with van der Waals surface area (Å²) in [4.78, 5) is 16.1. The Bertz CT molecular complexity index is 915. The Morgan fingerprint density at radius 3 is 2.81 bits per heavy atom. The smallest absolute Gasteiger partial charge is 0.251 e. The molecule has 1 unspecified atom stereocenters. The van der Waals surface area contributed by atoms with Gasteiger partial charge < -0.3 is 20.7 Å². The number of hydrogen-bond donors (Lipinski definition) is 3. The fraction of sp³-hybridized carbons (Fsp3) is 0.278. The molecule has 0 saturated carbocycles. The number of rotatable bonds is 5. The molecule has 3 N–H and O–H groups in total. The van der Waals surface area contributed by atoms with E-state index in [2.05, 4.69) is 26.0 Å². The first-order valence-electron chi connectivity index (χ1n) is 8.52. The fourth-order valence-corrected chi connectivity index (χ4v) is 2.90. The van der Waals surface area contributed by atoms with Crippen LogP contribution in [0.1, 0.15) is 16.8 Å². The molecule has 1 amide bonds. The number of carbonyl (C=O) groups is 1. The zero-order chi connectivity index (χ0) is 17.9. The number of ether oxygens (including phenoxy) is 1. The zero-order valence-corrected chi connectivity index (χ0v) is 14.4. The summed E-state index contributed by atoms with van der Waals surface area (Å²) >= 11 is 0. The lowest BCUT2D eigenvalue weighted by atomic mass is 10.2. The van der Waals surface area contributed by atoms with Crippen molar-refractivity contribution in [3.05, 3.63) is 48.0 Å². The third-order valence-corrected chi connectivity index (χ3v) is 4.27. The maximum Gasteiger partial charge on any atom is 0.251 e. The predicted octanol–water partition coefficient (Wildman–Crippen LogP) is 2.03. The zero-order valence-electron chi connectivity index (χ0n) is 14.4. The van der Waals surface area contributed by atoms with Crippen LogP contribution in [0.4, 0.5) is 17.5 Å². The molecule has 0 bridgehead atoms. The van der Waals surface area contributed by atoms with Gasteiger partial charge in [-0.25, -0.2) is 0 Å². The van der Waals surface area contributed by atoms with E-state index in [0.29, 0.717) is 24.2 Å². The van der Waals surface area contributed by atoms with E-state index in [9.17, 15) is 4.79 Å². The molecule has 8 nitrogen and oxygen atoms in total. The second-order valence-corrected chi connectivity index (χ2v) is 6.10. The van der Waals surface area contributed by atoms with Crippen molar-refractivity contribution < 1.29 is 9.53 Å². The van der Waals surface area contributed by atoms with E-state index >= 15 is 0 Å². The predicted molar refractivity (Wildman–Crippen MR) is 98.9 cm³/mol. The van der Waals surface area contributed by atoms with Gasteiger partial charge in [-0.15, -0.1) is 5.10 Å². The van der Waals surface area contributed by atoms with Gasteiger partial charge in [-0.05, 0) is 42.8 Å². The van der Waals surface area contributed by atoms with Crippen LogP contribution in [0.5, 0.6) is 0 Å². The van der Waals surface area contributed by atoms with Crippen LogP contribution < -0.4 is 16.0 Å². The van der Waals surface area contributed by atoms with Crippen LogP contribution in [0.25, 0.3) is 5.65 Å². The monoisotopic (exact) mass is 352 g/mol. The van der Waals surface area contributed by atoms with Gasteiger partial charge in [0.1, 0.15) is 5.82 Å². The molecule has 3 aromatic rings. The molecule has 0 aliphatic carbocycles. The lowest BCUT2D eigenvalue weighted by Crippen LogP contribution is -2.20. The van der Waals surface area contributed by atoms with Crippen molar-refractivity contribution in [3.8, 4) is 0 Å². The summed E-state index contributed by atoms with van der Waals surface area (Å²) in [5.41, 5.74) is 2.16. The standard InChI is InChI=1S/C18H20N6O2/c1-19-17(25)12-5-7-13(8-6-12)21-18-22-16-4-2-3-15(24(16)23-18)20-14-9-10-26-11-14/h2-8,14,20H,9-11H2,1H3,(H,19,25)(H,21,23). The quantitative estimate of drug-likeness (QED) is 0.651. The number of nitrogens with one attached hydrogen (secondary N) is 3. The van der Waals surface area contributed by atoms with E-state index in [-0.39, 0.29) is 5.91 Å². The van der Waals surface area contributed by atoms with E-state index in [4.69, 9.17) is 4.74 Å². The van der Waals surface area contributed by atoms with E-state index in [1.165, 1.54) is 0 Å². The summed E-state index contributed by atoms with van der Waals surface area (Å²) in [6.07, 6.45) is 0.980. The first-order valence-corrected chi connectivity index (χ1v) is 8.52. The highest BCUT2D eigenvalue weighted by Gasteiger charge is 2.17. The molecule has 1 fully saturated rings. The largest absolute Gasteiger partial charge is 0.379 e. The number of carbonyl (C=O) groups excluding carboxylic acids is 1. The summed E-state index contributed by atoms with van der Waals surface area (Å²) < 4.78 is 7.19. The Balaban J connectivity index is 1.54. The Hall–Kier alpha value is -3.13. The minimum atomic E-state index is -0.117. The molecule has 4 rings (SSSR count). The number of aromatic nitrogens is 3. The fourth-order valence-electron chi connectivity index (χ4n) is 2.90. The van der Waals surface area contributed by atoms with Gasteiger partial charge in [0.15, 0.2) is 5.65 Å². The number of pyridine rings is 1. The number of amides is 1. The first-order chi connectivity index (χ1) is 12.7. The summed E-state index contributed by atoms with van der Waals surface area (Å²) in [5, 5.41) is 13.8. The number of hydrogen-bond acceptors (Lipinski definition) is 6. The molecule has 1 aliphatic heterocycles. The van der Waals surface area contributed by atoms with E-state index < -0.39 is 0 Å². The van der Waals surface area contributed by atoms with Crippen molar-refractivity contribution in [1.29, 1.82) is 0 Å². The molecular weight excluding hydrogens is 332 g/mol. The van der Waals surface area contributed by atoms with Gasteiger partial charge in [0.2, 0.25) is 5.95 Å². The molecule has 1 saturated heterocycles. The van der Waals surface area contributed by atoms with Crippen molar-refractivity contribution >= 4 is 29.0 Å². The summed E-state index contributed by atoms with van der Waals surface area (Å²) in [5.74, 6) is 1.26. The highest BCUT2D eigenvalue weighted by Crippen LogP contribution is 2.19. The van der Waals surface area contributed by atoms with E-state index in [1.54, 1.807) is 23.7 Å². The highest BCUT2D eigenvalue weighted by molar-refractivity contribution is 5.94. The molecule has 1 atom stereocenters. The number of benzene rings is 1. The molecule has 0 spiro atoms. The third-order valence-electron chi connectivity index (χ3n) is 4.27. The van der Waals surface area contributed by atoms with Crippen LogP contribution in [0.2, 0.25) is 0 Å². The Labute approximate surface area is 150 Å². The van der Waals surface area contributed by atoms with Gasteiger partial charge in [-0.3, -0.25) is 4.79 Å². The van der Waals surface area contributed by atoms with Crippen molar-refractivity contribution in [2.24, 2.45) is 0 Å². The lowest BCUT2D eigenvalue weighted by Gasteiger charge is -2.12. The van der Waals surface area contributed by atoms with Crippen molar-refractivity contribution in [3.63, 3.8) is 0 Å². The number of fused-ring (bicyclic) bond motifs is 1. The van der Waals surface area contributed by atoms with Gasteiger partial charge in [-0.2, -0.15) is 9.50 Å². The highest BCUT2D eigenvalue weighted by atomic mass is 16.5. The molecule has 8 heteroatoms. The average Bonchev–Trinajstić information content (AvgIpc) is 3.31. The van der Waals surface area contributed by atoms with E-state index in [0.717, 1.165) is 30.2 Å². The summed E-state index contributed by atoms with van der Waals surface area (Å²) in [6, 6.07) is 13.3. The SMILES string of the molecule is CNC(=O)c1ccc(Nc2nc3cccc(NC4CCOC4)n3n2)cc1. The number of anilines is 3. The van der Waals surface area contributed by atoms with Crippen LogP contribution >= 0.6 is 0 Å². The molecule has 1 aliphatic rings. The minimum absolute atomic E-state index is 0.117. The van der Waals surface area contributed by atoms with Gasteiger partial charge in [0.25, 0.3) is 5.91 Å².